The van der Waals surface area contributed by atoms with Gasteiger partial charge >= 0.3 is 6.09 Å². The molecule has 1 aromatic carbocycles. The number of nitrogens with zero attached hydrogens (tertiary/aromatic N) is 2. The second kappa shape index (κ2) is 8.26. The molecular formula is C19H17ClFN3O4. The van der Waals surface area contributed by atoms with Crippen LogP contribution in [0.5, 0.6) is 0 Å². The zero-order valence-electron chi connectivity index (χ0n) is 15.2. The Kier molecular flexibility index (Phi) is 5.79. The molecule has 0 atom stereocenters. The molecule has 3 aromatic rings. The van der Waals surface area contributed by atoms with Crippen LogP contribution < -0.4 is 5.32 Å². The summed E-state index contributed by atoms with van der Waals surface area (Å²) < 4.78 is 25.8. The van der Waals surface area contributed by atoms with Crippen molar-refractivity contribution in [3.05, 3.63) is 70.0 Å². The van der Waals surface area contributed by atoms with E-state index in [1.165, 1.54) is 17.7 Å². The summed E-state index contributed by atoms with van der Waals surface area (Å²) in [6, 6.07) is 7.65. The Morgan fingerprint density at radius 2 is 2.07 bits per heavy atom. The molecule has 9 heteroatoms. The molecule has 0 saturated heterocycles. The van der Waals surface area contributed by atoms with Gasteiger partial charge in [-0.2, -0.15) is 5.10 Å². The molecule has 0 fully saturated rings. The van der Waals surface area contributed by atoms with Crippen molar-refractivity contribution in [1.29, 1.82) is 0 Å². The number of aromatic nitrogens is 2. The molecule has 0 bridgehead atoms. The smallest absolute Gasteiger partial charge is 0.413 e. The Balaban J connectivity index is 1.56. The molecular weight excluding hydrogens is 389 g/mol. The summed E-state index contributed by atoms with van der Waals surface area (Å²) >= 11 is 6.05. The Morgan fingerprint density at radius 1 is 1.29 bits per heavy atom. The molecule has 1 N–H and O–H groups in total. The molecule has 3 rings (SSSR count). The number of ether oxygens (including phenoxy) is 1. The van der Waals surface area contributed by atoms with Crippen LogP contribution in [0.15, 0.2) is 40.9 Å². The van der Waals surface area contributed by atoms with Crippen LogP contribution in [0.1, 0.15) is 34.4 Å². The third-order valence-electron chi connectivity index (χ3n) is 3.92. The van der Waals surface area contributed by atoms with E-state index in [2.05, 4.69) is 10.4 Å². The second-order valence-electron chi connectivity index (χ2n) is 6.08. The van der Waals surface area contributed by atoms with E-state index in [0.29, 0.717) is 11.3 Å². The maximum atomic E-state index is 13.8. The largest absolute Gasteiger partial charge is 0.456 e. The lowest BCUT2D eigenvalue weighted by Gasteiger charge is -2.09. The molecule has 28 heavy (non-hydrogen) atoms. The number of hydrogen-bond donors (Lipinski definition) is 1. The number of halogens is 2. The minimum Gasteiger partial charge on any atom is -0.456 e. The van der Waals surface area contributed by atoms with E-state index in [0.717, 1.165) is 0 Å². The van der Waals surface area contributed by atoms with Crippen LogP contribution in [0.2, 0.25) is 5.02 Å². The average molecular weight is 406 g/mol. The predicted octanol–water partition coefficient (Wildman–Crippen LogP) is 4.58. The Hall–Kier alpha value is -3.13. The highest BCUT2D eigenvalue weighted by Crippen LogP contribution is 2.24. The standard InChI is InChI=1S/C19H17ClFN3O4/c1-11-3-5-15(21)14(18(11)20)10-27-19(26)22-17-7-8-24(23-17)9-13-4-6-16(28-13)12(2)25/h3-8H,9-10H2,1-2H3,(H,22,23,26). The van der Waals surface area contributed by atoms with Crippen molar-refractivity contribution in [2.24, 2.45) is 0 Å². The SMILES string of the molecule is CC(=O)c1ccc(Cn2ccc(NC(=O)OCc3c(F)ccc(C)c3Cl)n2)o1. The number of carbonyl (C=O) groups excluding carboxylic acids is 2. The Bertz CT molecular complexity index is 1030. The van der Waals surface area contributed by atoms with Crippen LogP contribution in [0, 0.1) is 12.7 Å². The minimum atomic E-state index is -0.793. The van der Waals surface area contributed by atoms with E-state index in [9.17, 15) is 14.0 Å². The summed E-state index contributed by atoms with van der Waals surface area (Å²) in [4.78, 5) is 23.2. The topological polar surface area (TPSA) is 86.4 Å². The maximum Gasteiger partial charge on any atom is 0.413 e. The van der Waals surface area contributed by atoms with Crippen molar-refractivity contribution >= 4 is 29.3 Å². The van der Waals surface area contributed by atoms with Gasteiger partial charge in [-0.1, -0.05) is 17.7 Å². The van der Waals surface area contributed by atoms with E-state index >= 15 is 0 Å². The highest BCUT2D eigenvalue weighted by molar-refractivity contribution is 6.32. The first kappa shape index (κ1) is 19.6. The molecule has 2 aromatic heterocycles. The fraction of sp³-hybridized carbons (Fsp3) is 0.211. The minimum absolute atomic E-state index is 0.112. The molecule has 0 radical (unpaired) electrons. The molecule has 0 saturated carbocycles. The third kappa shape index (κ3) is 4.58. The molecule has 1 amide bonds. The highest BCUT2D eigenvalue weighted by Gasteiger charge is 2.14. The molecule has 0 aliphatic carbocycles. The lowest BCUT2D eigenvalue weighted by molar-refractivity contribution is 0.0985. The number of hydrogen-bond acceptors (Lipinski definition) is 5. The van der Waals surface area contributed by atoms with Crippen molar-refractivity contribution < 1.29 is 23.1 Å². The number of Topliss-reactive ketones (excluding diaryl/α,β-unsaturated/α-hetero) is 1. The highest BCUT2D eigenvalue weighted by atomic mass is 35.5. The van der Waals surface area contributed by atoms with E-state index in [1.807, 2.05) is 0 Å². The number of carbonyl (C=O) groups is 2. The van der Waals surface area contributed by atoms with Gasteiger partial charge in [0.05, 0.1) is 11.6 Å². The van der Waals surface area contributed by atoms with E-state index in [-0.39, 0.29) is 41.1 Å². The summed E-state index contributed by atoms with van der Waals surface area (Å²) in [6.45, 7) is 3.13. The molecule has 0 aliphatic heterocycles. The number of anilines is 1. The van der Waals surface area contributed by atoms with Crippen molar-refractivity contribution in [3.63, 3.8) is 0 Å². The lowest BCUT2D eigenvalue weighted by atomic mass is 10.1. The van der Waals surface area contributed by atoms with Crippen LogP contribution in [-0.4, -0.2) is 21.7 Å². The number of rotatable bonds is 6. The van der Waals surface area contributed by atoms with Crippen molar-refractivity contribution in [3.8, 4) is 0 Å². The molecule has 7 nitrogen and oxygen atoms in total. The average Bonchev–Trinajstić information content (AvgIpc) is 3.28. The molecule has 146 valence electrons. The number of nitrogens with one attached hydrogen (secondary N) is 1. The van der Waals surface area contributed by atoms with Crippen LogP contribution in [0.4, 0.5) is 15.0 Å². The van der Waals surface area contributed by atoms with E-state index < -0.39 is 11.9 Å². The summed E-state index contributed by atoms with van der Waals surface area (Å²) in [6.07, 6.45) is 0.835. The zero-order chi connectivity index (χ0) is 20.3. The number of benzene rings is 1. The first-order chi connectivity index (χ1) is 13.3. The molecule has 0 unspecified atom stereocenters. The second-order valence-corrected chi connectivity index (χ2v) is 6.46. The Morgan fingerprint density at radius 3 is 2.79 bits per heavy atom. The summed E-state index contributed by atoms with van der Waals surface area (Å²) in [5.74, 6) is 0.357. The van der Waals surface area contributed by atoms with E-state index in [1.54, 1.807) is 37.4 Å². The summed E-state index contributed by atoms with van der Waals surface area (Å²) in [5, 5.41) is 6.84. The normalized spacial score (nSPS) is 10.7. The summed E-state index contributed by atoms with van der Waals surface area (Å²) in [7, 11) is 0. The van der Waals surface area contributed by atoms with Gasteiger partial charge < -0.3 is 9.15 Å². The van der Waals surface area contributed by atoms with Crippen LogP contribution in [0.25, 0.3) is 0 Å². The van der Waals surface area contributed by atoms with Gasteiger partial charge in [0.2, 0.25) is 0 Å². The van der Waals surface area contributed by atoms with E-state index in [4.69, 9.17) is 20.8 Å². The van der Waals surface area contributed by atoms with Crippen molar-refractivity contribution in [2.75, 3.05) is 5.32 Å². The fourth-order valence-corrected chi connectivity index (χ4v) is 2.66. The lowest BCUT2D eigenvalue weighted by Crippen LogP contribution is -2.15. The van der Waals surface area contributed by atoms with Gasteiger partial charge in [0.15, 0.2) is 17.4 Å². The molecule has 2 heterocycles. The van der Waals surface area contributed by atoms with Gasteiger partial charge in [0.25, 0.3) is 0 Å². The first-order valence-corrected chi connectivity index (χ1v) is 8.71. The third-order valence-corrected chi connectivity index (χ3v) is 4.45. The summed E-state index contributed by atoms with van der Waals surface area (Å²) in [5.41, 5.74) is 0.799. The van der Waals surface area contributed by atoms with Gasteiger partial charge in [-0.25, -0.2) is 9.18 Å². The van der Waals surface area contributed by atoms with Crippen LogP contribution in [-0.2, 0) is 17.9 Å². The molecule has 0 aliphatic rings. The maximum absolute atomic E-state index is 13.8. The first-order valence-electron chi connectivity index (χ1n) is 8.34. The number of furan rings is 1. The van der Waals surface area contributed by atoms with Crippen molar-refractivity contribution in [1.82, 2.24) is 9.78 Å². The Labute approximate surface area is 165 Å². The predicted molar refractivity (Wildman–Crippen MR) is 100.0 cm³/mol. The number of ketones is 1. The quantitative estimate of drug-likeness (QED) is 0.607. The van der Waals surface area contributed by atoms with Gasteiger partial charge in [0, 0.05) is 24.8 Å². The van der Waals surface area contributed by atoms with Crippen LogP contribution >= 0.6 is 11.6 Å². The van der Waals surface area contributed by atoms with Gasteiger partial charge in [0.1, 0.15) is 18.2 Å². The monoisotopic (exact) mass is 405 g/mol. The molecule has 0 spiro atoms. The van der Waals surface area contributed by atoms with Crippen molar-refractivity contribution in [2.45, 2.75) is 27.0 Å². The van der Waals surface area contributed by atoms with Gasteiger partial charge in [-0.15, -0.1) is 0 Å². The van der Waals surface area contributed by atoms with Gasteiger partial charge in [-0.05, 0) is 30.7 Å². The number of aryl methyl sites for hydroxylation is 1. The number of amides is 1. The zero-order valence-corrected chi connectivity index (χ0v) is 15.9. The fourth-order valence-electron chi connectivity index (χ4n) is 2.45. The van der Waals surface area contributed by atoms with Gasteiger partial charge in [-0.3, -0.25) is 14.8 Å². The van der Waals surface area contributed by atoms with Crippen LogP contribution in [0.3, 0.4) is 0 Å².